The summed E-state index contributed by atoms with van der Waals surface area (Å²) in [5, 5.41) is 0.640. The van der Waals surface area contributed by atoms with Gasteiger partial charge in [0.15, 0.2) is 22.1 Å². The molecule has 0 aliphatic carbocycles. The maximum Gasteiger partial charge on any atom is 0.350 e. The highest BCUT2D eigenvalue weighted by molar-refractivity contribution is 7.17. The summed E-state index contributed by atoms with van der Waals surface area (Å²) >= 11 is 1.03. The van der Waals surface area contributed by atoms with Crippen molar-refractivity contribution in [3.8, 4) is 11.5 Å². The molecule has 220 valence electrons. The van der Waals surface area contributed by atoms with Crippen molar-refractivity contribution in [1.82, 2.24) is 4.98 Å². The fourth-order valence-electron chi connectivity index (χ4n) is 4.99. The lowest BCUT2D eigenvalue weighted by atomic mass is 9.97. The van der Waals surface area contributed by atoms with Crippen molar-refractivity contribution in [3.63, 3.8) is 0 Å². The Balaban J connectivity index is 1.72. The molecule has 0 spiro atoms. The largest absolute Gasteiger partial charge is 0.490 e. The lowest BCUT2D eigenvalue weighted by Crippen LogP contribution is -2.29. The van der Waals surface area contributed by atoms with Crippen molar-refractivity contribution >= 4 is 39.3 Å². The molecule has 0 bridgehead atoms. The van der Waals surface area contributed by atoms with Gasteiger partial charge in [-0.05, 0) is 81.0 Å². The SMILES string of the molecule is CCOc1cc(C2c3c(oc4cc(C)c(C)cc4c3=O)C(=O)N2c2nc(C)c(C(=O)OC)s2)ccc1OCCC(C)C. The first kappa shape index (κ1) is 29.3. The quantitative estimate of drug-likeness (QED) is 0.202. The third-order valence-corrected chi connectivity index (χ3v) is 8.52. The lowest BCUT2D eigenvalue weighted by Gasteiger charge is -2.23. The van der Waals surface area contributed by atoms with E-state index in [9.17, 15) is 14.4 Å². The highest BCUT2D eigenvalue weighted by atomic mass is 32.1. The number of amides is 1. The minimum atomic E-state index is -0.880. The molecule has 42 heavy (non-hydrogen) atoms. The second-order valence-corrected chi connectivity index (χ2v) is 11.7. The first-order chi connectivity index (χ1) is 20.0. The van der Waals surface area contributed by atoms with Gasteiger partial charge in [0.25, 0.3) is 5.91 Å². The zero-order valence-electron chi connectivity index (χ0n) is 24.8. The smallest absolute Gasteiger partial charge is 0.350 e. The Morgan fingerprint density at radius 1 is 1.07 bits per heavy atom. The monoisotopic (exact) mass is 590 g/mol. The molecule has 2 aromatic heterocycles. The van der Waals surface area contributed by atoms with Crippen LogP contribution in [-0.2, 0) is 4.74 Å². The molecule has 0 fully saturated rings. The van der Waals surface area contributed by atoms with Crippen LogP contribution >= 0.6 is 11.3 Å². The van der Waals surface area contributed by atoms with E-state index >= 15 is 0 Å². The van der Waals surface area contributed by atoms with Crippen LogP contribution in [0.3, 0.4) is 0 Å². The Bertz CT molecular complexity index is 1750. The van der Waals surface area contributed by atoms with Gasteiger partial charge in [0.05, 0.1) is 43.0 Å². The van der Waals surface area contributed by atoms with Crippen LogP contribution in [0.5, 0.6) is 11.5 Å². The molecule has 0 N–H and O–H groups in total. The molecule has 0 saturated carbocycles. The maximum atomic E-state index is 14.1. The van der Waals surface area contributed by atoms with Gasteiger partial charge in [-0.25, -0.2) is 9.78 Å². The molecular formula is C32H34N2O7S. The summed E-state index contributed by atoms with van der Waals surface area (Å²) in [4.78, 5) is 46.8. The molecular weight excluding hydrogens is 556 g/mol. The fourth-order valence-corrected chi connectivity index (χ4v) is 6.01. The van der Waals surface area contributed by atoms with E-state index in [2.05, 4.69) is 18.8 Å². The van der Waals surface area contributed by atoms with Crippen molar-refractivity contribution in [2.45, 2.75) is 54.0 Å². The standard InChI is InChI=1S/C32H34N2O7S/c1-8-39-24-15-20(9-10-22(24)40-12-11-16(2)3)26-25-27(35)21-13-17(4)18(5)14-23(21)41-28(25)30(36)34(26)32-33-19(6)29(42-32)31(37)38-7/h9-10,13-16,26H,8,11-12H2,1-7H3. The van der Waals surface area contributed by atoms with Crippen LogP contribution in [0.2, 0.25) is 0 Å². The Hall–Kier alpha value is -4.18. The van der Waals surface area contributed by atoms with Gasteiger partial charge in [0, 0.05) is 0 Å². The van der Waals surface area contributed by atoms with E-state index in [0.29, 0.717) is 52.9 Å². The molecule has 9 nitrogen and oxygen atoms in total. The summed E-state index contributed by atoms with van der Waals surface area (Å²) < 4.78 is 23.1. The second kappa shape index (κ2) is 11.6. The molecule has 0 radical (unpaired) electrons. The summed E-state index contributed by atoms with van der Waals surface area (Å²) in [6.45, 7) is 12.6. The van der Waals surface area contributed by atoms with E-state index < -0.39 is 17.9 Å². The number of carbonyl (C=O) groups is 2. The first-order valence-corrected chi connectivity index (χ1v) is 14.7. The molecule has 1 aliphatic heterocycles. The minimum absolute atomic E-state index is 0.0524. The Labute approximate surface area is 248 Å². The topological polar surface area (TPSA) is 108 Å². The van der Waals surface area contributed by atoms with Gasteiger partial charge in [0.2, 0.25) is 5.76 Å². The predicted octanol–water partition coefficient (Wildman–Crippen LogP) is 6.53. The van der Waals surface area contributed by atoms with Crippen LogP contribution in [-0.4, -0.2) is 37.2 Å². The zero-order valence-corrected chi connectivity index (χ0v) is 25.6. The summed E-state index contributed by atoms with van der Waals surface area (Å²) in [6.07, 6.45) is 0.879. The Kier molecular flexibility index (Phi) is 8.10. The van der Waals surface area contributed by atoms with Crippen LogP contribution < -0.4 is 19.8 Å². The van der Waals surface area contributed by atoms with Crippen molar-refractivity contribution < 1.29 is 28.2 Å². The van der Waals surface area contributed by atoms with Crippen LogP contribution in [0.25, 0.3) is 11.0 Å². The molecule has 0 saturated heterocycles. The van der Waals surface area contributed by atoms with Crippen molar-refractivity contribution in [2.24, 2.45) is 5.92 Å². The zero-order chi connectivity index (χ0) is 30.3. The molecule has 4 aromatic rings. The summed E-state index contributed by atoms with van der Waals surface area (Å²) in [6, 6.07) is 8.09. The summed E-state index contributed by atoms with van der Waals surface area (Å²) in [7, 11) is 1.29. The molecule has 1 atom stereocenters. The van der Waals surface area contributed by atoms with Gasteiger partial charge >= 0.3 is 5.97 Å². The third-order valence-electron chi connectivity index (χ3n) is 7.38. The average molecular weight is 591 g/mol. The molecule has 1 aliphatic rings. The number of thiazole rings is 1. The van der Waals surface area contributed by atoms with Gasteiger partial charge in [0.1, 0.15) is 10.5 Å². The lowest BCUT2D eigenvalue weighted by molar-refractivity contribution is 0.0605. The molecule has 2 aromatic carbocycles. The van der Waals surface area contributed by atoms with Gasteiger partial charge in [-0.2, -0.15) is 0 Å². The Morgan fingerprint density at radius 3 is 2.50 bits per heavy atom. The van der Waals surface area contributed by atoms with Crippen molar-refractivity contribution in [2.75, 3.05) is 25.2 Å². The average Bonchev–Trinajstić information content (AvgIpc) is 3.47. The van der Waals surface area contributed by atoms with Crippen LogP contribution in [0.15, 0.2) is 39.5 Å². The highest BCUT2D eigenvalue weighted by Gasteiger charge is 2.45. The first-order valence-electron chi connectivity index (χ1n) is 13.9. The van der Waals surface area contributed by atoms with Crippen LogP contribution in [0.1, 0.15) is 81.4 Å². The van der Waals surface area contributed by atoms with Crippen molar-refractivity contribution in [3.05, 3.63) is 79.1 Å². The minimum Gasteiger partial charge on any atom is -0.490 e. The van der Waals surface area contributed by atoms with Crippen LogP contribution in [0.4, 0.5) is 5.13 Å². The van der Waals surface area contributed by atoms with Gasteiger partial charge in [-0.1, -0.05) is 31.3 Å². The molecule has 1 unspecified atom stereocenters. The number of nitrogens with zero attached hydrogens (tertiary/aromatic N) is 2. The fraction of sp³-hybridized carbons (Fsp3) is 0.375. The van der Waals surface area contributed by atoms with Gasteiger partial charge in [-0.15, -0.1) is 0 Å². The molecule has 5 rings (SSSR count). The second-order valence-electron chi connectivity index (χ2n) is 10.8. The van der Waals surface area contributed by atoms with E-state index in [0.717, 1.165) is 28.9 Å². The molecule has 1 amide bonds. The number of benzene rings is 2. The predicted molar refractivity (Wildman–Crippen MR) is 161 cm³/mol. The third kappa shape index (κ3) is 5.15. The van der Waals surface area contributed by atoms with E-state index in [1.165, 1.54) is 12.0 Å². The van der Waals surface area contributed by atoms with E-state index in [1.807, 2.05) is 26.8 Å². The number of hydrogen-bond donors (Lipinski definition) is 0. The van der Waals surface area contributed by atoms with Gasteiger partial charge in [-0.3, -0.25) is 14.5 Å². The maximum absolute atomic E-state index is 14.1. The van der Waals surface area contributed by atoms with Crippen molar-refractivity contribution in [1.29, 1.82) is 0 Å². The number of aromatic nitrogens is 1. The number of aryl methyl sites for hydroxylation is 3. The highest BCUT2D eigenvalue weighted by Crippen LogP contribution is 2.45. The number of fused-ring (bicyclic) bond motifs is 2. The normalized spacial score (nSPS) is 14.5. The van der Waals surface area contributed by atoms with Gasteiger partial charge < -0.3 is 18.6 Å². The molecule has 3 heterocycles. The number of anilines is 1. The number of rotatable bonds is 9. The van der Waals surface area contributed by atoms with Crippen LogP contribution in [0, 0.1) is 26.7 Å². The number of esters is 1. The number of carbonyl (C=O) groups excluding carboxylic acids is 2. The number of ether oxygens (including phenoxy) is 3. The van der Waals surface area contributed by atoms with E-state index in [1.54, 1.807) is 31.2 Å². The van der Waals surface area contributed by atoms with E-state index in [-0.39, 0.29) is 26.8 Å². The number of methoxy groups -OCH3 is 1. The summed E-state index contributed by atoms with van der Waals surface area (Å²) in [5.74, 6) is 0.432. The number of hydrogen-bond acceptors (Lipinski definition) is 9. The summed E-state index contributed by atoms with van der Waals surface area (Å²) in [5.41, 5.74) is 3.16. The Morgan fingerprint density at radius 2 is 1.81 bits per heavy atom. The molecule has 10 heteroatoms. The van der Waals surface area contributed by atoms with E-state index in [4.69, 9.17) is 18.6 Å².